The number of allylic oxidation sites excluding steroid dienone is 4. The van der Waals surface area contributed by atoms with Gasteiger partial charge < -0.3 is 18.9 Å². The van der Waals surface area contributed by atoms with Crippen LogP contribution in [0.25, 0.3) is 0 Å². The van der Waals surface area contributed by atoms with Gasteiger partial charge in [0.15, 0.2) is 0 Å². The summed E-state index contributed by atoms with van der Waals surface area (Å²) in [5, 5.41) is 0. The van der Waals surface area contributed by atoms with E-state index >= 15 is 0 Å². The van der Waals surface area contributed by atoms with E-state index in [1.807, 2.05) is 54.7 Å². The SMILES string of the molecule is C=C/C=C(Br)\C=C/C1(OC)C=CC(OC)(c2ccc(C3(OC)C=CC(OC)(c4ccc(Br)cc4)C=C3)cc2)C=C1. The van der Waals surface area contributed by atoms with Crippen LogP contribution in [-0.4, -0.2) is 34.0 Å². The van der Waals surface area contributed by atoms with Crippen molar-refractivity contribution in [3.05, 3.63) is 154 Å². The van der Waals surface area contributed by atoms with Crippen LogP contribution in [0, 0.1) is 0 Å². The van der Waals surface area contributed by atoms with Gasteiger partial charge in [0.25, 0.3) is 0 Å². The third-order valence-corrected chi connectivity index (χ3v) is 8.63. The van der Waals surface area contributed by atoms with E-state index in [0.717, 1.165) is 25.6 Å². The summed E-state index contributed by atoms with van der Waals surface area (Å²) < 4.78 is 25.8. The van der Waals surface area contributed by atoms with Gasteiger partial charge in [-0.15, -0.1) is 0 Å². The lowest BCUT2D eigenvalue weighted by Gasteiger charge is -2.37. The Kier molecular flexibility index (Phi) is 9.51. The molecule has 0 N–H and O–H groups in total. The van der Waals surface area contributed by atoms with Gasteiger partial charge in [-0.3, -0.25) is 0 Å². The lowest BCUT2D eigenvalue weighted by molar-refractivity contribution is 0.0419. The maximum atomic E-state index is 6.07. The largest absolute Gasteiger partial charge is 0.366 e. The summed E-state index contributed by atoms with van der Waals surface area (Å²) >= 11 is 7.02. The molecule has 0 fully saturated rings. The molecule has 208 valence electrons. The van der Waals surface area contributed by atoms with Gasteiger partial charge in [0.05, 0.1) is 0 Å². The number of hydrogen-bond acceptors (Lipinski definition) is 4. The Labute approximate surface area is 254 Å². The number of hydrogen-bond donors (Lipinski definition) is 0. The second kappa shape index (κ2) is 12.5. The van der Waals surface area contributed by atoms with Crippen LogP contribution in [-0.2, 0) is 35.8 Å². The van der Waals surface area contributed by atoms with Crippen LogP contribution in [0.5, 0.6) is 0 Å². The number of rotatable bonds is 10. The van der Waals surface area contributed by atoms with Crippen molar-refractivity contribution in [1.82, 2.24) is 0 Å². The molecule has 0 radical (unpaired) electrons. The first-order chi connectivity index (χ1) is 19.2. The van der Waals surface area contributed by atoms with Crippen LogP contribution in [0.3, 0.4) is 0 Å². The van der Waals surface area contributed by atoms with Crippen molar-refractivity contribution in [2.45, 2.75) is 22.4 Å². The lowest BCUT2D eigenvalue weighted by Crippen LogP contribution is -2.34. The zero-order valence-electron chi connectivity index (χ0n) is 23.1. The van der Waals surface area contributed by atoms with Crippen molar-refractivity contribution in [3.63, 3.8) is 0 Å². The molecule has 4 rings (SSSR count). The molecule has 0 saturated carbocycles. The Morgan fingerprint density at radius 2 is 1.00 bits per heavy atom. The lowest BCUT2D eigenvalue weighted by atomic mass is 9.80. The fourth-order valence-corrected chi connectivity index (χ4v) is 5.54. The van der Waals surface area contributed by atoms with Gasteiger partial charge in [0, 0.05) is 37.4 Å². The van der Waals surface area contributed by atoms with E-state index in [1.54, 1.807) is 34.5 Å². The van der Waals surface area contributed by atoms with Crippen molar-refractivity contribution in [3.8, 4) is 0 Å². The Balaban J connectivity index is 1.61. The molecule has 0 atom stereocenters. The molecule has 0 aliphatic heterocycles. The summed E-state index contributed by atoms with van der Waals surface area (Å²) in [4.78, 5) is 0. The minimum Gasteiger partial charge on any atom is -0.366 e. The molecular formula is C34H34Br2O4. The molecular weight excluding hydrogens is 632 g/mol. The fourth-order valence-electron chi connectivity index (χ4n) is 4.96. The molecule has 0 amide bonds. The highest BCUT2D eigenvalue weighted by Gasteiger charge is 2.38. The molecule has 2 aromatic carbocycles. The predicted molar refractivity (Wildman–Crippen MR) is 169 cm³/mol. The molecule has 0 aromatic heterocycles. The summed E-state index contributed by atoms with van der Waals surface area (Å²) in [5.41, 5.74) is 0.217. The summed E-state index contributed by atoms with van der Waals surface area (Å²) in [6.45, 7) is 3.73. The first-order valence-electron chi connectivity index (χ1n) is 12.8. The summed E-state index contributed by atoms with van der Waals surface area (Å²) in [6, 6.07) is 16.4. The van der Waals surface area contributed by atoms with Gasteiger partial charge in [0.2, 0.25) is 0 Å². The smallest absolute Gasteiger partial charge is 0.129 e. The zero-order chi connectivity index (χ0) is 28.9. The first kappa shape index (κ1) is 30.4. The fraction of sp³-hybridized carbons (Fsp3) is 0.235. The quantitative estimate of drug-likeness (QED) is 0.189. The number of benzene rings is 2. The van der Waals surface area contributed by atoms with E-state index in [-0.39, 0.29) is 0 Å². The van der Waals surface area contributed by atoms with Crippen LogP contribution < -0.4 is 0 Å². The van der Waals surface area contributed by atoms with Gasteiger partial charge in [-0.05, 0) is 95.7 Å². The maximum Gasteiger partial charge on any atom is 0.129 e. The van der Waals surface area contributed by atoms with E-state index in [4.69, 9.17) is 18.9 Å². The Morgan fingerprint density at radius 1 is 0.625 bits per heavy atom. The maximum absolute atomic E-state index is 6.07. The van der Waals surface area contributed by atoms with Crippen molar-refractivity contribution >= 4 is 31.9 Å². The van der Waals surface area contributed by atoms with Gasteiger partial charge in [0.1, 0.15) is 22.4 Å². The molecule has 4 nitrogen and oxygen atoms in total. The molecule has 0 unspecified atom stereocenters. The predicted octanol–water partition coefficient (Wildman–Crippen LogP) is 8.33. The van der Waals surface area contributed by atoms with Crippen LogP contribution in [0.1, 0.15) is 16.7 Å². The molecule has 0 saturated heterocycles. The van der Waals surface area contributed by atoms with Gasteiger partial charge in [-0.25, -0.2) is 0 Å². The van der Waals surface area contributed by atoms with E-state index in [9.17, 15) is 0 Å². The van der Waals surface area contributed by atoms with Crippen LogP contribution >= 0.6 is 31.9 Å². The van der Waals surface area contributed by atoms with Crippen molar-refractivity contribution in [2.24, 2.45) is 0 Å². The molecule has 6 heteroatoms. The van der Waals surface area contributed by atoms with E-state index in [0.29, 0.717) is 0 Å². The molecule has 0 heterocycles. The molecule has 2 aliphatic rings. The van der Waals surface area contributed by atoms with Gasteiger partial charge in [-0.1, -0.05) is 80.9 Å². The van der Waals surface area contributed by atoms with E-state index in [1.165, 1.54) is 0 Å². The standard InChI is InChI=1S/C34H34Br2O4/c1-6-7-29(35)16-17-31(37-2)18-20-32(38-3,21-19-31)26-8-10-27(11-9-26)33(39-4)22-24-34(40-5,25-23-33)28-12-14-30(36)15-13-28/h6-25H,1H2,2-5H3/b17-16-,29-7+. The number of ether oxygens (including phenoxy) is 4. The van der Waals surface area contributed by atoms with Crippen molar-refractivity contribution < 1.29 is 18.9 Å². The molecule has 0 spiro atoms. The summed E-state index contributed by atoms with van der Waals surface area (Å²) in [7, 11) is 6.82. The van der Waals surface area contributed by atoms with Crippen LogP contribution in [0.4, 0.5) is 0 Å². The summed E-state index contributed by atoms with van der Waals surface area (Å²) in [5.74, 6) is 0. The van der Waals surface area contributed by atoms with Crippen LogP contribution in [0.2, 0.25) is 0 Å². The van der Waals surface area contributed by atoms with Gasteiger partial charge in [-0.2, -0.15) is 0 Å². The molecule has 40 heavy (non-hydrogen) atoms. The summed E-state index contributed by atoms with van der Waals surface area (Å²) in [6.07, 6.45) is 23.8. The third-order valence-electron chi connectivity index (χ3n) is 7.57. The topological polar surface area (TPSA) is 36.9 Å². The Hall–Kier alpha value is -2.58. The third kappa shape index (κ3) is 5.89. The zero-order valence-corrected chi connectivity index (χ0v) is 26.3. The van der Waals surface area contributed by atoms with Crippen LogP contribution in [0.15, 0.2) is 137 Å². The average Bonchev–Trinajstić information content (AvgIpc) is 3.01. The van der Waals surface area contributed by atoms with Crippen molar-refractivity contribution in [1.29, 1.82) is 0 Å². The average molecular weight is 666 g/mol. The molecule has 0 bridgehead atoms. The normalized spacial score (nSPS) is 29.8. The monoisotopic (exact) mass is 664 g/mol. The Bertz CT molecular complexity index is 1350. The minimum atomic E-state index is -0.728. The number of halogens is 2. The minimum absolute atomic E-state index is 0.667. The molecule has 2 aromatic rings. The molecule has 2 aliphatic carbocycles. The Morgan fingerprint density at radius 3 is 1.35 bits per heavy atom. The van der Waals surface area contributed by atoms with Crippen molar-refractivity contribution in [2.75, 3.05) is 28.4 Å². The van der Waals surface area contributed by atoms with Gasteiger partial charge >= 0.3 is 0 Å². The highest BCUT2D eigenvalue weighted by Crippen LogP contribution is 2.41. The second-order valence-corrected chi connectivity index (χ2v) is 11.4. The van der Waals surface area contributed by atoms with E-state index < -0.39 is 22.4 Å². The highest BCUT2D eigenvalue weighted by atomic mass is 79.9. The first-order valence-corrected chi connectivity index (χ1v) is 14.4. The number of methoxy groups -OCH3 is 4. The van der Waals surface area contributed by atoms with E-state index in [2.05, 4.69) is 99.1 Å². The highest BCUT2D eigenvalue weighted by molar-refractivity contribution is 9.12. The second-order valence-electron chi connectivity index (χ2n) is 9.59.